The summed E-state index contributed by atoms with van der Waals surface area (Å²) in [5, 5.41) is 3.49. The molecule has 1 amide bonds. The number of carbonyl (C=O) groups is 1. The molecule has 1 aliphatic rings. The molecule has 4 nitrogen and oxygen atoms in total. The maximum atomic E-state index is 12.0. The Labute approximate surface area is 115 Å². The largest absolute Gasteiger partial charge is 0.384 e. The molecule has 0 aromatic carbocycles. The van der Waals surface area contributed by atoms with E-state index in [9.17, 15) is 4.79 Å². The van der Waals surface area contributed by atoms with Crippen LogP contribution in [0, 0.1) is 6.92 Å². The number of aromatic nitrogens is 1. The number of anilines is 1. The van der Waals surface area contributed by atoms with Gasteiger partial charge in [0.1, 0.15) is 5.82 Å². The molecule has 1 aliphatic heterocycles. The number of hydrogen-bond donors (Lipinski definition) is 2. The molecule has 6 heteroatoms. The SMILES string of the molecule is Cc1cc(C(=O)NCC2CSCCS2)cc(N)n1. The van der Waals surface area contributed by atoms with Crippen LogP contribution in [0.4, 0.5) is 5.82 Å². The molecule has 1 unspecified atom stereocenters. The second kappa shape index (κ2) is 6.33. The van der Waals surface area contributed by atoms with E-state index in [1.807, 2.05) is 30.4 Å². The second-order valence-corrected chi connectivity index (χ2v) is 6.76. The average molecular weight is 283 g/mol. The number of nitrogens with one attached hydrogen (secondary N) is 1. The van der Waals surface area contributed by atoms with E-state index in [2.05, 4.69) is 10.3 Å². The molecule has 2 rings (SSSR count). The predicted octanol–water partition coefficient (Wildman–Crippen LogP) is 1.55. The van der Waals surface area contributed by atoms with Crippen molar-refractivity contribution in [2.75, 3.05) is 29.5 Å². The van der Waals surface area contributed by atoms with Gasteiger partial charge in [0.05, 0.1) is 0 Å². The Balaban J connectivity index is 1.90. The molecule has 98 valence electrons. The average Bonchev–Trinajstić information content (AvgIpc) is 2.36. The van der Waals surface area contributed by atoms with Crippen molar-refractivity contribution in [1.29, 1.82) is 0 Å². The van der Waals surface area contributed by atoms with Crippen molar-refractivity contribution >= 4 is 35.2 Å². The van der Waals surface area contributed by atoms with Gasteiger partial charge in [0.15, 0.2) is 0 Å². The van der Waals surface area contributed by atoms with E-state index in [0.717, 1.165) is 18.0 Å². The van der Waals surface area contributed by atoms with Crippen LogP contribution in [0.25, 0.3) is 0 Å². The number of aryl methyl sites for hydroxylation is 1. The third-order valence-corrected chi connectivity index (χ3v) is 5.46. The smallest absolute Gasteiger partial charge is 0.251 e. The number of amides is 1. The third-order valence-electron chi connectivity index (χ3n) is 2.61. The van der Waals surface area contributed by atoms with Crippen LogP contribution in [0.15, 0.2) is 12.1 Å². The highest BCUT2D eigenvalue weighted by molar-refractivity contribution is 8.06. The fraction of sp³-hybridized carbons (Fsp3) is 0.500. The minimum Gasteiger partial charge on any atom is -0.384 e. The van der Waals surface area contributed by atoms with E-state index in [1.54, 1.807) is 12.1 Å². The number of pyridine rings is 1. The van der Waals surface area contributed by atoms with Crippen molar-refractivity contribution in [3.05, 3.63) is 23.4 Å². The molecule has 0 radical (unpaired) electrons. The number of carbonyl (C=O) groups excluding carboxylic acids is 1. The van der Waals surface area contributed by atoms with Gasteiger partial charge in [0, 0.05) is 40.3 Å². The summed E-state index contributed by atoms with van der Waals surface area (Å²) in [6.07, 6.45) is 0. The number of nitrogen functional groups attached to an aromatic ring is 1. The van der Waals surface area contributed by atoms with Crippen LogP contribution in [0.2, 0.25) is 0 Å². The van der Waals surface area contributed by atoms with Crippen LogP contribution < -0.4 is 11.1 Å². The first kappa shape index (κ1) is 13.5. The van der Waals surface area contributed by atoms with Crippen LogP contribution in [-0.2, 0) is 0 Å². The van der Waals surface area contributed by atoms with Gasteiger partial charge in [-0.15, -0.1) is 0 Å². The summed E-state index contributed by atoms with van der Waals surface area (Å²) in [5.74, 6) is 3.83. The lowest BCUT2D eigenvalue weighted by Crippen LogP contribution is -2.33. The van der Waals surface area contributed by atoms with Gasteiger partial charge >= 0.3 is 0 Å². The highest BCUT2D eigenvalue weighted by atomic mass is 32.2. The van der Waals surface area contributed by atoms with E-state index in [4.69, 9.17) is 5.73 Å². The van der Waals surface area contributed by atoms with Gasteiger partial charge < -0.3 is 11.1 Å². The molecule has 0 aliphatic carbocycles. The van der Waals surface area contributed by atoms with Gasteiger partial charge in [-0.1, -0.05) is 0 Å². The number of thioether (sulfide) groups is 2. The minimum atomic E-state index is -0.0663. The number of hydrogen-bond acceptors (Lipinski definition) is 5. The molecule has 1 atom stereocenters. The Bertz CT molecular complexity index is 413. The Morgan fingerprint density at radius 1 is 1.56 bits per heavy atom. The monoisotopic (exact) mass is 283 g/mol. The molecule has 0 bridgehead atoms. The van der Waals surface area contributed by atoms with Crippen LogP contribution in [0.3, 0.4) is 0 Å². The van der Waals surface area contributed by atoms with Crippen molar-refractivity contribution in [2.24, 2.45) is 0 Å². The van der Waals surface area contributed by atoms with Crippen molar-refractivity contribution in [1.82, 2.24) is 10.3 Å². The van der Waals surface area contributed by atoms with Crippen molar-refractivity contribution < 1.29 is 4.79 Å². The molecule has 1 fully saturated rings. The topological polar surface area (TPSA) is 68.0 Å². The number of rotatable bonds is 3. The summed E-state index contributed by atoms with van der Waals surface area (Å²) < 4.78 is 0. The normalized spacial score (nSPS) is 19.5. The Hall–Kier alpha value is -0.880. The van der Waals surface area contributed by atoms with Crippen molar-refractivity contribution in [2.45, 2.75) is 12.2 Å². The van der Waals surface area contributed by atoms with E-state index in [1.165, 1.54) is 11.5 Å². The molecule has 1 aromatic rings. The highest BCUT2D eigenvalue weighted by Crippen LogP contribution is 2.23. The maximum absolute atomic E-state index is 12.0. The molecular weight excluding hydrogens is 266 g/mol. The van der Waals surface area contributed by atoms with E-state index in [0.29, 0.717) is 16.6 Å². The second-order valence-electron chi connectivity index (χ2n) is 4.20. The van der Waals surface area contributed by atoms with Crippen LogP contribution >= 0.6 is 23.5 Å². The van der Waals surface area contributed by atoms with Gasteiger partial charge in [-0.2, -0.15) is 23.5 Å². The lowest BCUT2D eigenvalue weighted by Gasteiger charge is -2.21. The first-order valence-corrected chi connectivity index (χ1v) is 8.07. The van der Waals surface area contributed by atoms with Crippen molar-refractivity contribution in [3.8, 4) is 0 Å². The van der Waals surface area contributed by atoms with E-state index in [-0.39, 0.29) is 5.91 Å². The molecule has 2 heterocycles. The Morgan fingerprint density at radius 3 is 3.06 bits per heavy atom. The Morgan fingerprint density at radius 2 is 2.39 bits per heavy atom. The summed E-state index contributed by atoms with van der Waals surface area (Å²) in [7, 11) is 0. The number of nitrogens with two attached hydrogens (primary N) is 1. The number of nitrogens with zero attached hydrogens (tertiary/aromatic N) is 1. The first-order valence-electron chi connectivity index (χ1n) is 5.87. The molecule has 1 aromatic heterocycles. The summed E-state index contributed by atoms with van der Waals surface area (Å²) in [5.41, 5.74) is 7.00. The standard InChI is InChI=1S/C12H17N3OS2/c1-8-4-9(5-11(13)15-8)12(16)14-6-10-7-17-2-3-18-10/h4-5,10H,2-3,6-7H2,1H3,(H2,13,15)(H,14,16). The van der Waals surface area contributed by atoms with E-state index >= 15 is 0 Å². The molecule has 1 saturated heterocycles. The summed E-state index contributed by atoms with van der Waals surface area (Å²) in [4.78, 5) is 16.0. The van der Waals surface area contributed by atoms with Gasteiger partial charge in [0.2, 0.25) is 0 Å². The Kier molecular flexibility index (Phi) is 4.77. The predicted molar refractivity (Wildman–Crippen MR) is 79.3 cm³/mol. The molecule has 0 saturated carbocycles. The van der Waals surface area contributed by atoms with Crippen LogP contribution in [0.5, 0.6) is 0 Å². The molecular formula is C12H17N3OS2. The first-order chi connectivity index (χ1) is 8.65. The minimum absolute atomic E-state index is 0.0663. The van der Waals surface area contributed by atoms with Gasteiger partial charge in [-0.25, -0.2) is 4.98 Å². The quantitative estimate of drug-likeness (QED) is 0.881. The maximum Gasteiger partial charge on any atom is 0.251 e. The zero-order chi connectivity index (χ0) is 13.0. The zero-order valence-corrected chi connectivity index (χ0v) is 11.9. The fourth-order valence-electron chi connectivity index (χ4n) is 1.79. The molecule has 18 heavy (non-hydrogen) atoms. The lowest BCUT2D eigenvalue weighted by atomic mass is 10.2. The van der Waals surface area contributed by atoms with E-state index < -0.39 is 0 Å². The van der Waals surface area contributed by atoms with Crippen LogP contribution in [0.1, 0.15) is 16.1 Å². The van der Waals surface area contributed by atoms with Gasteiger partial charge in [-0.3, -0.25) is 4.79 Å². The lowest BCUT2D eigenvalue weighted by molar-refractivity contribution is 0.0954. The fourth-order valence-corrected chi connectivity index (χ4v) is 4.40. The van der Waals surface area contributed by atoms with Gasteiger partial charge in [-0.05, 0) is 19.1 Å². The molecule has 3 N–H and O–H groups in total. The highest BCUT2D eigenvalue weighted by Gasteiger charge is 2.16. The summed E-state index contributed by atoms with van der Waals surface area (Å²) in [6, 6.07) is 3.37. The van der Waals surface area contributed by atoms with Crippen LogP contribution in [-0.4, -0.2) is 39.9 Å². The summed E-state index contributed by atoms with van der Waals surface area (Å²) >= 11 is 3.89. The third kappa shape index (κ3) is 3.81. The molecule has 0 spiro atoms. The zero-order valence-electron chi connectivity index (χ0n) is 10.3. The van der Waals surface area contributed by atoms with Gasteiger partial charge in [0.25, 0.3) is 5.91 Å². The van der Waals surface area contributed by atoms with Crippen molar-refractivity contribution in [3.63, 3.8) is 0 Å². The summed E-state index contributed by atoms with van der Waals surface area (Å²) in [6.45, 7) is 2.55.